The number of hydrogen-bond donors (Lipinski definition) is 0. The molecule has 0 aromatic heterocycles. The summed E-state index contributed by atoms with van der Waals surface area (Å²) in [5, 5.41) is 0. The first kappa shape index (κ1) is 6.70. The fourth-order valence-corrected chi connectivity index (χ4v) is 1.49. The lowest BCUT2D eigenvalue weighted by molar-refractivity contribution is -0.183. The molecule has 0 spiro atoms. The molecular weight excluding hydrogens is 130 g/mol. The Balaban J connectivity index is 1.85. The lowest BCUT2D eigenvalue weighted by atomic mass is 9.25. The van der Waals surface area contributed by atoms with Crippen LogP contribution in [-0.2, 0) is 14.3 Å². The summed E-state index contributed by atoms with van der Waals surface area (Å²) in [7, 11) is 0. The van der Waals surface area contributed by atoms with Crippen LogP contribution in [0.4, 0.5) is 0 Å². The summed E-state index contributed by atoms with van der Waals surface area (Å²) in [4.78, 5) is 9.80. The zero-order chi connectivity index (χ0) is 6.81. The van der Waals surface area contributed by atoms with Crippen molar-refractivity contribution in [3.63, 3.8) is 0 Å². The van der Waals surface area contributed by atoms with Gasteiger partial charge < -0.3 is 9.46 Å². The van der Waals surface area contributed by atoms with Crippen LogP contribution in [-0.4, -0.2) is 26.8 Å². The second kappa shape index (κ2) is 2.95. The quantitative estimate of drug-likeness (QED) is 0.390. The molecule has 54 valence electrons. The van der Waals surface area contributed by atoms with Crippen LogP contribution < -0.4 is 0 Å². The molecule has 0 radical (unpaired) electrons. The summed E-state index contributed by atoms with van der Waals surface area (Å²) in [6.45, 7) is 2.14. The Labute approximate surface area is 61.2 Å². The molecule has 2 aliphatic rings. The molecule has 0 unspecified atom stereocenters. The third-order valence-corrected chi connectivity index (χ3v) is 2.06. The highest BCUT2D eigenvalue weighted by atomic mass is 17.2. The van der Waals surface area contributed by atoms with Gasteiger partial charge in [0.05, 0.1) is 6.61 Å². The van der Waals surface area contributed by atoms with Gasteiger partial charge in [0.1, 0.15) is 0 Å². The smallest absolute Gasteiger partial charge is 0.342 e. The van der Waals surface area contributed by atoms with E-state index in [9.17, 15) is 0 Å². The van der Waals surface area contributed by atoms with Gasteiger partial charge in [0, 0.05) is 6.61 Å². The van der Waals surface area contributed by atoms with Crippen molar-refractivity contribution < 1.29 is 14.3 Å². The Hall–Kier alpha value is 0.00987. The van der Waals surface area contributed by atoms with E-state index < -0.39 is 0 Å². The Morgan fingerprint density at radius 3 is 2.60 bits per heavy atom. The summed E-state index contributed by atoms with van der Waals surface area (Å²) in [6.07, 6.45) is 3.29. The van der Waals surface area contributed by atoms with Gasteiger partial charge in [-0.3, -0.25) is 4.89 Å². The predicted octanol–water partition coefficient (Wildman–Crippen LogP) is 0.430. The molecule has 2 rings (SSSR count). The first-order chi connectivity index (χ1) is 4.97. The molecule has 2 heterocycles. The molecule has 0 aromatic rings. The molecular formula is C5H10B2O3. The van der Waals surface area contributed by atoms with Crippen LogP contribution >= 0.6 is 0 Å². The van der Waals surface area contributed by atoms with Crippen molar-refractivity contribution in [2.75, 3.05) is 13.2 Å². The van der Waals surface area contributed by atoms with E-state index in [1.807, 2.05) is 0 Å². The van der Waals surface area contributed by atoms with Gasteiger partial charge in [-0.15, -0.1) is 0 Å². The Morgan fingerprint density at radius 2 is 2.00 bits per heavy atom. The van der Waals surface area contributed by atoms with Crippen LogP contribution in [0.2, 0.25) is 12.6 Å². The average Bonchev–Trinajstić information content (AvgIpc) is 2.59. The Morgan fingerprint density at radius 1 is 1.00 bits per heavy atom. The highest BCUT2D eigenvalue weighted by molar-refractivity contribution is 7.17. The van der Waals surface area contributed by atoms with E-state index in [4.69, 9.17) is 14.3 Å². The molecule has 0 aliphatic carbocycles. The summed E-state index contributed by atoms with van der Waals surface area (Å²) in [5.41, 5.74) is 0. The van der Waals surface area contributed by atoms with Crippen molar-refractivity contribution in [1.29, 1.82) is 0 Å². The van der Waals surface area contributed by atoms with Crippen molar-refractivity contribution in [3.05, 3.63) is 0 Å². The second-order valence-corrected chi connectivity index (χ2v) is 2.80. The van der Waals surface area contributed by atoms with Gasteiger partial charge in [-0.1, -0.05) is 0 Å². The van der Waals surface area contributed by atoms with Crippen LogP contribution in [0.25, 0.3) is 0 Å². The van der Waals surface area contributed by atoms with Gasteiger partial charge in [-0.05, 0) is 19.1 Å². The minimum absolute atomic E-state index is 0.211. The van der Waals surface area contributed by atoms with Crippen LogP contribution in [0.5, 0.6) is 0 Å². The third-order valence-electron chi connectivity index (χ3n) is 2.06. The maximum atomic E-state index is 5.43. The normalized spacial score (nSPS) is 26.4. The van der Waals surface area contributed by atoms with Crippen molar-refractivity contribution in [2.24, 2.45) is 0 Å². The zero-order valence-corrected chi connectivity index (χ0v) is 5.91. The maximum Gasteiger partial charge on any atom is 0.342 e. The highest BCUT2D eigenvalue weighted by Crippen LogP contribution is 2.18. The molecule has 0 amide bonds. The maximum absolute atomic E-state index is 5.43. The van der Waals surface area contributed by atoms with Gasteiger partial charge in [-0.25, -0.2) is 0 Å². The van der Waals surface area contributed by atoms with E-state index in [-0.39, 0.29) is 6.81 Å². The van der Waals surface area contributed by atoms with Crippen LogP contribution in [0.1, 0.15) is 6.42 Å². The molecule has 0 atom stereocenters. The monoisotopic (exact) mass is 140 g/mol. The van der Waals surface area contributed by atoms with Crippen molar-refractivity contribution in [1.82, 2.24) is 0 Å². The van der Waals surface area contributed by atoms with E-state index in [1.54, 1.807) is 0 Å². The van der Waals surface area contributed by atoms with Crippen LogP contribution in [0, 0.1) is 0 Å². The molecule has 5 heteroatoms. The molecule has 10 heavy (non-hydrogen) atoms. The van der Waals surface area contributed by atoms with Gasteiger partial charge in [0.25, 0.3) is 6.81 Å². The van der Waals surface area contributed by atoms with Crippen LogP contribution in [0.15, 0.2) is 0 Å². The molecule has 0 aromatic carbocycles. The predicted molar refractivity (Wildman–Crippen MR) is 38.7 cm³/mol. The first-order valence-electron chi connectivity index (χ1n) is 3.87. The molecule has 0 bridgehead atoms. The van der Waals surface area contributed by atoms with Gasteiger partial charge in [-0.2, -0.15) is 0 Å². The summed E-state index contributed by atoms with van der Waals surface area (Å²) < 4.78 is 5.43. The average molecular weight is 140 g/mol. The van der Waals surface area contributed by atoms with E-state index in [2.05, 4.69) is 0 Å². The molecule has 2 fully saturated rings. The van der Waals surface area contributed by atoms with Crippen molar-refractivity contribution in [3.8, 4) is 0 Å². The Kier molecular flexibility index (Phi) is 1.97. The highest BCUT2D eigenvalue weighted by Gasteiger charge is 2.39. The zero-order valence-electron chi connectivity index (χ0n) is 5.91. The van der Waals surface area contributed by atoms with Gasteiger partial charge in [0.15, 0.2) is 0 Å². The second-order valence-electron chi connectivity index (χ2n) is 2.80. The summed E-state index contributed by atoms with van der Waals surface area (Å²) in [5.74, 6) is 0. The lowest BCUT2D eigenvalue weighted by Crippen LogP contribution is -2.34. The molecule has 2 aliphatic heterocycles. The van der Waals surface area contributed by atoms with E-state index in [0.717, 1.165) is 25.9 Å². The van der Waals surface area contributed by atoms with Crippen molar-refractivity contribution >= 4 is 13.6 Å². The minimum Gasteiger partial charge on any atom is -0.440 e. The topological polar surface area (TPSA) is 27.7 Å². The SMILES string of the molecule is C1COB(B2CCOO2)C1. The van der Waals surface area contributed by atoms with Gasteiger partial charge in [0.2, 0.25) is 0 Å². The molecule has 3 nitrogen and oxygen atoms in total. The fraction of sp³-hybridized carbons (Fsp3) is 1.00. The largest absolute Gasteiger partial charge is 0.440 e. The lowest BCUT2D eigenvalue weighted by Gasteiger charge is -2.05. The Bertz CT molecular complexity index is 95.5. The fourth-order valence-electron chi connectivity index (χ4n) is 1.49. The number of rotatable bonds is 1. The standard InChI is InChI=1S/C5H10B2O3/c1-2-6(8-4-1)7-3-5-9-10-7/h1-5H2. The minimum atomic E-state index is 0.211. The summed E-state index contributed by atoms with van der Waals surface area (Å²) in [6, 6.07) is 0. The third kappa shape index (κ3) is 1.21. The first-order valence-corrected chi connectivity index (χ1v) is 3.87. The van der Waals surface area contributed by atoms with E-state index in [0.29, 0.717) is 6.81 Å². The molecule has 0 N–H and O–H groups in total. The van der Waals surface area contributed by atoms with Crippen LogP contribution in [0.3, 0.4) is 0 Å². The van der Waals surface area contributed by atoms with E-state index >= 15 is 0 Å². The van der Waals surface area contributed by atoms with Crippen molar-refractivity contribution in [2.45, 2.75) is 19.1 Å². The number of hydrogen-bond acceptors (Lipinski definition) is 3. The summed E-state index contributed by atoms with van der Waals surface area (Å²) >= 11 is 0. The molecule has 2 saturated heterocycles. The van der Waals surface area contributed by atoms with Gasteiger partial charge >= 0.3 is 6.81 Å². The van der Waals surface area contributed by atoms with E-state index in [1.165, 1.54) is 6.42 Å². The molecule has 0 saturated carbocycles.